The molecule has 168 valence electrons. The van der Waals surface area contributed by atoms with Gasteiger partial charge in [-0.25, -0.2) is 8.42 Å². The van der Waals surface area contributed by atoms with E-state index in [-0.39, 0.29) is 24.0 Å². The fourth-order valence-corrected chi connectivity index (χ4v) is 5.08. The number of rotatable bonds is 8. The fraction of sp³-hybridized carbons (Fsp3) is 0.174. The van der Waals surface area contributed by atoms with E-state index < -0.39 is 15.9 Å². The summed E-state index contributed by atoms with van der Waals surface area (Å²) in [6.07, 6.45) is 0. The summed E-state index contributed by atoms with van der Waals surface area (Å²) in [6, 6.07) is 19.5. The maximum absolute atomic E-state index is 13.3. The van der Waals surface area contributed by atoms with Gasteiger partial charge < -0.3 is 5.32 Å². The summed E-state index contributed by atoms with van der Waals surface area (Å²) in [5, 5.41) is 4.18. The van der Waals surface area contributed by atoms with Crippen LogP contribution in [0, 0.1) is 0 Å². The van der Waals surface area contributed by atoms with E-state index in [4.69, 9.17) is 34.8 Å². The zero-order valence-corrected chi connectivity index (χ0v) is 20.2. The van der Waals surface area contributed by atoms with Gasteiger partial charge in [-0.1, -0.05) is 71.2 Å². The lowest BCUT2D eigenvalue weighted by atomic mass is 10.1. The first-order valence-electron chi connectivity index (χ1n) is 9.71. The number of carbonyl (C=O) groups excluding carboxylic acids is 1. The normalized spacial score (nSPS) is 12.5. The topological polar surface area (TPSA) is 66.5 Å². The molecule has 5 nitrogen and oxygen atoms in total. The van der Waals surface area contributed by atoms with Gasteiger partial charge in [0.2, 0.25) is 15.9 Å². The molecule has 3 rings (SSSR count). The first-order chi connectivity index (χ1) is 15.2. The van der Waals surface area contributed by atoms with Crippen molar-refractivity contribution in [2.24, 2.45) is 0 Å². The molecule has 0 aliphatic carbocycles. The van der Waals surface area contributed by atoms with Crippen LogP contribution in [0.25, 0.3) is 0 Å². The third kappa shape index (κ3) is 6.24. The lowest BCUT2D eigenvalue weighted by Gasteiger charge is -2.24. The molecule has 0 spiro atoms. The van der Waals surface area contributed by atoms with Gasteiger partial charge in [-0.2, -0.15) is 4.31 Å². The first kappa shape index (κ1) is 24.6. The predicted molar refractivity (Wildman–Crippen MR) is 129 cm³/mol. The van der Waals surface area contributed by atoms with Crippen LogP contribution < -0.4 is 5.32 Å². The van der Waals surface area contributed by atoms with Crippen molar-refractivity contribution in [3.63, 3.8) is 0 Å². The van der Waals surface area contributed by atoms with Crippen molar-refractivity contribution in [2.45, 2.75) is 24.4 Å². The Morgan fingerprint density at radius 3 is 2.19 bits per heavy atom. The van der Waals surface area contributed by atoms with Crippen LogP contribution in [0.3, 0.4) is 0 Å². The molecule has 0 unspecified atom stereocenters. The van der Waals surface area contributed by atoms with Crippen LogP contribution in [0.15, 0.2) is 77.7 Å². The van der Waals surface area contributed by atoms with E-state index >= 15 is 0 Å². The van der Waals surface area contributed by atoms with Crippen molar-refractivity contribution < 1.29 is 13.2 Å². The average Bonchev–Trinajstić information content (AvgIpc) is 2.76. The fourth-order valence-electron chi connectivity index (χ4n) is 3.09. The highest BCUT2D eigenvalue weighted by atomic mass is 35.5. The maximum atomic E-state index is 13.3. The second-order valence-electron chi connectivity index (χ2n) is 7.16. The number of hydrogen-bond donors (Lipinski definition) is 1. The molecule has 9 heteroatoms. The van der Waals surface area contributed by atoms with Gasteiger partial charge in [0.1, 0.15) is 0 Å². The van der Waals surface area contributed by atoms with Gasteiger partial charge in [-0.15, -0.1) is 0 Å². The van der Waals surface area contributed by atoms with E-state index in [0.717, 1.165) is 9.87 Å². The van der Waals surface area contributed by atoms with Gasteiger partial charge in [-0.3, -0.25) is 4.79 Å². The Hall–Kier alpha value is -2.09. The molecular formula is C23H21Cl3N2O3S. The van der Waals surface area contributed by atoms with Crippen molar-refractivity contribution in [3.8, 4) is 0 Å². The molecular weight excluding hydrogens is 491 g/mol. The van der Waals surface area contributed by atoms with Crippen LogP contribution in [0.4, 0.5) is 0 Å². The Labute approximate surface area is 203 Å². The molecule has 0 aliphatic heterocycles. The zero-order valence-electron chi connectivity index (χ0n) is 17.1. The Morgan fingerprint density at radius 2 is 1.56 bits per heavy atom. The molecule has 0 heterocycles. The van der Waals surface area contributed by atoms with Crippen LogP contribution in [-0.2, 0) is 21.4 Å². The Balaban J connectivity index is 1.84. The van der Waals surface area contributed by atoms with Crippen LogP contribution >= 0.6 is 34.8 Å². The molecule has 3 aromatic carbocycles. The molecule has 0 aliphatic rings. The highest BCUT2D eigenvalue weighted by molar-refractivity contribution is 7.89. The summed E-state index contributed by atoms with van der Waals surface area (Å²) >= 11 is 18.1. The lowest BCUT2D eigenvalue weighted by molar-refractivity contribution is -0.122. The minimum absolute atomic E-state index is 0.0867. The summed E-state index contributed by atoms with van der Waals surface area (Å²) in [6.45, 7) is 1.34. The molecule has 0 fully saturated rings. The van der Waals surface area contributed by atoms with E-state index in [0.29, 0.717) is 20.6 Å². The van der Waals surface area contributed by atoms with E-state index in [9.17, 15) is 13.2 Å². The van der Waals surface area contributed by atoms with Gasteiger partial charge in [0.05, 0.1) is 17.5 Å². The van der Waals surface area contributed by atoms with E-state index in [1.807, 2.05) is 6.92 Å². The average molecular weight is 512 g/mol. The van der Waals surface area contributed by atoms with Crippen LogP contribution in [0.1, 0.15) is 24.1 Å². The third-order valence-corrected chi connectivity index (χ3v) is 7.46. The highest BCUT2D eigenvalue weighted by Gasteiger charge is 2.28. The third-order valence-electron chi connectivity index (χ3n) is 4.81. The smallest absolute Gasteiger partial charge is 0.243 e. The largest absolute Gasteiger partial charge is 0.348 e. The Bertz CT molecular complexity index is 1190. The molecule has 0 bridgehead atoms. The van der Waals surface area contributed by atoms with Crippen molar-refractivity contribution in [1.82, 2.24) is 9.62 Å². The molecule has 0 saturated heterocycles. The zero-order chi connectivity index (χ0) is 23.3. The number of carbonyl (C=O) groups is 1. The first-order valence-corrected chi connectivity index (χ1v) is 12.3. The number of nitrogens with zero attached hydrogens (tertiary/aromatic N) is 1. The van der Waals surface area contributed by atoms with E-state index in [2.05, 4.69) is 5.32 Å². The summed E-state index contributed by atoms with van der Waals surface area (Å²) < 4.78 is 27.7. The van der Waals surface area contributed by atoms with Crippen LogP contribution in [0.5, 0.6) is 0 Å². The van der Waals surface area contributed by atoms with Crippen LogP contribution in [0.2, 0.25) is 15.1 Å². The number of nitrogens with one attached hydrogen (secondary N) is 1. The molecule has 0 aromatic heterocycles. The molecule has 1 atom stereocenters. The lowest BCUT2D eigenvalue weighted by Crippen LogP contribution is -2.41. The molecule has 1 N–H and O–H groups in total. The monoisotopic (exact) mass is 510 g/mol. The molecule has 1 amide bonds. The minimum Gasteiger partial charge on any atom is -0.348 e. The number of amides is 1. The molecule has 0 radical (unpaired) electrons. The molecule has 0 saturated carbocycles. The highest BCUT2D eigenvalue weighted by Crippen LogP contribution is 2.25. The predicted octanol–water partition coefficient (Wildman–Crippen LogP) is 5.72. The molecule has 3 aromatic rings. The summed E-state index contributed by atoms with van der Waals surface area (Å²) in [5.41, 5.74) is 1.38. The van der Waals surface area contributed by atoms with Crippen molar-refractivity contribution in [3.05, 3.63) is 99.0 Å². The number of hydrogen-bond acceptors (Lipinski definition) is 3. The van der Waals surface area contributed by atoms with Gasteiger partial charge in [-0.05, 0) is 54.4 Å². The standard InChI is InChI=1S/C23H21Cl3N2O3S/c1-16(17-7-10-19(24)11-8-17)27-23(29)15-28(14-18-9-12-20(25)13-22(18)26)32(30,31)21-5-3-2-4-6-21/h2-13,16H,14-15H2,1H3,(H,27,29)/t16-/m0/s1. The number of benzene rings is 3. The minimum atomic E-state index is -3.96. The van der Waals surface area contributed by atoms with Crippen molar-refractivity contribution in [2.75, 3.05) is 6.54 Å². The number of halogens is 3. The van der Waals surface area contributed by atoms with Crippen molar-refractivity contribution >= 4 is 50.7 Å². The van der Waals surface area contributed by atoms with Gasteiger partial charge in [0.15, 0.2) is 0 Å². The second-order valence-corrected chi connectivity index (χ2v) is 10.4. The quantitative estimate of drug-likeness (QED) is 0.421. The second kappa shape index (κ2) is 10.7. The Kier molecular flexibility index (Phi) is 8.20. The van der Waals surface area contributed by atoms with Crippen LogP contribution in [-0.4, -0.2) is 25.2 Å². The summed E-state index contributed by atoms with van der Waals surface area (Å²) in [5.74, 6) is -0.447. The van der Waals surface area contributed by atoms with Gasteiger partial charge in [0.25, 0.3) is 0 Å². The van der Waals surface area contributed by atoms with Crippen molar-refractivity contribution in [1.29, 1.82) is 0 Å². The van der Waals surface area contributed by atoms with E-state index in [1.54, 1.807) is 54.6 Å². The van der Waals surface area contributed by atoms with E-state index in [1.165, 1.54) is 18.2 Å². The number of sulfonamides is 1. The van der Waals surface area contributed by atoms with Gasteiger partial charge in [0, 0.05) is 21.6 Å². The summed E-state index contributed by atoms with van der Waals surface area (Å²) in [4.78, 5) is 12.9. The summed E-state index contributed by atoms with van der Waals surface area (Å²) in [7, 11) is -3.96. The molecule has 32 heavy (non-hydrogen) atoms. The SMILES string of the molecule is C[C@H](NC(=O)CN(Cc1ccc(Cl)cc1Cl)S(=O)(=O)c1ccccc1)c1ccc(Cl)cc1. The Morgan fingerprint density at radius 1 is 0.938 bits per heavy atom. The maximum Gasteiger partial charge on any atom is 0.243 e. The van der Waals surface area contributed by atoms with Gasteiger partial charge >= 0.3 is 0 Å².